The van der Waals surface area contributed by atoms with Crippen LogP contribution in [-0.4, -0.2) is 101 Å². The van der Waals surface area contributed by atoms with Gasteiger partial charge in [-0.25, -0.2) is 14.4 Å². The number of alkyl carbamates (subject to hydrolysis) is 1. The van der Waals surface area contributed by atoms with Crippen molar-refractivity contribution in [3.05, 3.63) is 125 Å². The summed E-state index contributed by atoms with van der Waals surface area (Å²) in [5.41, 5.74) is 4.57. The number of carbonyl (C=O) groups excluding carboxylic acids is 5. The van der Waals surface area contributed by atoms with Crippen molar-refractivity contribution in [3.63, 3.8) is 0 Å². The van der Waals surface area contributed by atoms with Crippen LogP contribution >= 0.6 is 0 Å². The maximum Gasteiger partial charge on any atom is 0.408 e. The summed E-state index contributed by atoms with van der Waals surface area (Å²) >= 11 is 0. The van der Waals surface area contributed by atoms with Gasteiger partial charge < -0.3 is 39.8 Å². The average molecular weight is 875 g/mol. The van der Waals surface area contributed by atoms with Crippen LogP contribution in [0.3, 0.4) is 0 Å². The summed E-state index contributed by atoms with van der Waals surface area (Å²) < 4.78 is 16.8. The average Bonchev–Trinajstić information content (AvgIpc) is 3.88. The van der Waals surface area contributed by atoms with Crippen LogP contribution in [0.1, 0.15) is 88.1 Å². The van der Waals surface area contributed by atoms with E-state index in [9.17, 15) is 33.9 Å². The second kappa shape index (κ2) is 20.7. The Morgan fingerprint density at radius 2 is 1.44 bits per heavy atom. The molecule has 0 radical (unpaired) electrons. The molecule has 14 nitrogen and oxygen atoms in total. The first-order valence-corrected chi connectivity index (χ1v) is 21.7. The minimum Gasteiger partial charge on any atom is -0.482 e. The van der Waals surface area contributed by atoms with Crippen molar-refractivity contribution in [3.8, 4) is 16.9 Å². The number of likely N-dealkylation sites (tertiary alicyclic amines) is 1. The topological polar surface area (TPSA) is 181 Å². The van der Waals surface area contributed by atoms with Gasteiger partial charge in [0.05, 0.1) is 0 Å². The summed E-state index contributed by atoms with van der Waals surface area (Å²) in [6.07, 6.45) is 0.160. The molecule has 4 atom stereocenters. The summed E-state index contributed by atoms with van der Waals surface area (Å²) in [6, 6.07) is 26.6. The summed E-state index contributed by atoms with van der Waals surface area (Å²) in [6.45, 7) is 8.92. The fourth-order valence-electron chi connectivity index (χ4n) is 8.38. The second-order valence-corrected chi connectivity index (χ2v) is 17.7. The molecule has 4 aromatic carbocycles. The standard InChI is InChI=1S/C50H58N4O10/c1-31(2)27-42(48(59)60)53(6)47(58)41-21-14-26-54(41)46(57)40(28-32-22-24-34(25-23-32)62-30-43(55)64-50(3,4)5)51-45(56)44(33-15-8-7-9-16-33)52-49(61)63-29-39-37-19-12-10-17-35(37)36-18-11-13-20-38(36)39/h7-13,15-20,22-25,31,39-42,44H,14,21,26-30H2,1-6H3,(H,51,56)(H,52,61)(H,59,60)/t40-,41+,42-,44-/m0/s1. The smallest absolute Gasteiger partial charge is 0.408 e. The Morgan fingerprint density at radius 3 is 2.03 bits per heavy atom. The fraction of sp³-hybridized carbons (Fsp3) is 0.400. The number of fused-ring (bicyclic) bond motifs is 3. The van der Waals surface area contributed by atoms with E-state index in [0.29, 0.717) is 29.7 Å². The number of ether oxygens (including phenoxy) is 3. The van der Waals surface area contributed by atoms with Crippen LogP contribution in [0.5, 0.6) is 5.75 Å². The summed E-state index contributed by atoms with van der Waals surface area (Å²) in [4.78, 5) is 84.1. The summed E-state index contributed by atoms with van der Waals surface area (Å²) in [5, 5.41) is 15.6. The van der Waals surface area contributed by atoms with E-state index in [1.807, 2.05) is 62.4 Å². The molecule has 1 aliphatic heterocycles. The Kier molecular flexibility index (Phi) is 15.1. The van der Waals surface area contributed by atoms with Gasteiger partial charge >= 0.3 is 18.0 Å². The largest absolute Gasteiger partial charge is 0.482 e. The van der Waals surface area contributed by atoms with Gasteiger partial charge in [0.2, 0.25) is 17.7 Å². The van der Waals surface area contributed by atoms with E-state index >= 15 is 0 Å². The Labute approximate surface area is 374 Å². The van der Waals surface area contributed by atoms with Crippen molar-refractivity contribution >= 4 is 35.8 Å². The van der Waals surface area contributed by atoms with Gasteiger partial charge in [-0.1, -0.05) is 105 Å². The van der Waals surface area contributed by atoms with Gasteiger partial charge in [0.25, 0.3) is 0 Å². The molecular weight excluding hydrogens is 817 g/mol. The molecular formula is C50H58N4O10. The van der Waals surface area contributed by atoms with E-state index in [4.69, 9.17) is 14.2 Å². The van der Waals surface area contributed by atoms with E-state index in [2.05, 4.69) is 10.6 Å². The second-order valence-electron chi connectivity index (χ2n) is 17.7. The molecule has 0 unspecified atom stereocenters. The summed E-state index contributed by atoms with van der Waals surface area (Å²) in [7, 11) is 1.44. The van der Waals surface area contributed by atoms with E-state index in [-0.39, 0.29) is 44.4 Å². The number of hydrogen-bond donors (Lipinski definition) is 3. The van der Waals surface area contributed by atoms with Crippen molar-refractivity contribution in [2.24, 2.45) is 5.92 Å². The Morgan fingerprint density at radius 1 is 0.828 bits per heavy atom. The maximum atomic E-state index is 14.7. The molecule has 338 valence electrons. The molecule has 4 amide bonds. The number of carboxylic acids is 1. The predicted octanol–water partition coefficient (Wildman–Crippen LogP) is 6.66. The Bertz CT molecular complexity index is 2260. The molecule has 4 aromatic rings. The molecule has 1 aliphatic carbocycles. The summed E-state index contributed by atoms with van der Waals surface area (Å²) in [5.74, 6) is -3.28. The van der Waals surface area contributed by atoms with E-state index in [1.54, 1.807) is 75.4 Å². The molecule has 2 aliphatic rings. The van der Waals surface area contributed by atoms with Gasteiger partial charge in [-0.05, 0) is 91.5 Å². The van der Waals surface area contributed by atoms with Crippen molar-refractivity contribution in [2.75, 3.05) is 26.8 Å². The Hall–Kier alpha value is -6.70. The molecule has 1 heterocycles. The van der Waals surface area contributed by atoms with Crippen molar-refractivity contribution < 1.29 is 48.1 Å². The van der Waals surface area contributed by atoms with Crippen molar-refractivity contribution in [2.45, 2.75) is 96.0 Å². The lowest BCUT2D eigenvalue weighted by atomic mass is 9.98. The number of rotatable bonds is 17. The number of nitrogens with one attached hydrogen (secondary N) is 2. The first-order chi connectivity index (χ1) is 30.5. The number of carbonyl (C=O) groups is 6. The zero-order valence-corrected chi connectivity index (χ0v) is 37.2. The molecule has 14 heteroatoms. The molecule has 0 bridgehead atoms. The van der Waals surface area contributed by atoms with Crippen molar-refractivity contribution in [1.29, 1.82) is 0 Å². The third-order valence-corrected chi connectivity index (χ3v) is 11.4. The number of nitrogens with zero attached hydrogens (tertiary/aromatic N) is 2. The monoisotopic (exact) mass is 874 g/mol. The minimum absolute atomic E-state index is 0.00838. The highest BCUT2D eigenvalue weighted by molar-refractivity contribution is 5.95. The zero-order valence-electron chi connectivity index (χ0n) is 37.2. The van der Waals surface area contributed by atoms with Crippen molar-refractivity contribution in [1.82, 2.24) is 20.4 Å². The first-order valence-electron chi connectivity index (χ1n) is 21.7. The van der Waals surface area contributed by atoms with Crippen LogP contribution in [0.2, 0.25) is 0 Å². The van der Waals surface area contributed by atoms with Gasteiger partial charge in [-0.15, -0.1) is 0 Å². The SMILES string of the molecule is CC(C)C[C@@H](C(=O)O)N(C)C(=O)[C@H]1CCCN1C(=O)[C@H](Cc1ccc(OCC(=O)OC(C)(C)C)cc1)NC(=O)[C@@H](NC(=O)OCC1c2ccccc2-c2ccccc21)c1ccccc1. The first kappa shape index (κ1) is 46.8. The maximum absolute atomic E-state index is 14.7. The number of amides is 4. The van der Waals surface area contributed by atoms with Crippen LogP contribution in [0, 0.1) is 5.92 Å². The number of likely N-dealkylation sites (N-methyl/N-ethyl adjacent to an activating group) is 1. The molecule has 64 heavy (non-hydrogen) atoms. The highest BCUT2D eigenvalue weighted by Gasteiger charge is 2.42. The highest BCUT2D eigenvalue weighted by atomic mass is 16.6. The lowest BCUT2D eigenvalue weighted by Crippen LogP contribution is -2.57. The number of carboxylic acid groups (broad SMARTS) is 1. The van der Waals surface area contributed by atoms with Gasteiger partial charge in [0, 0.05) is 25.9 Å². The van der Waals surface area contributed by atoms with Gasteiger partial charge in [0.1, 0.15) is 42.1 Å². The zero-order chi connectivity index (χ0) is 46.1. The molecule has 0 aromatic heterocycles. The lowest BCUT2D eigenvalue weighted by molar-refractivity contribution is -0.157. The van der Waals surface area contributed by atoms with Crippen LogP contribution in [0.4, 0.5) is 4.79 Å². The molecule has 1 fully saturated rings. The molecule has 3 N–H and O–H groups in total. The normalized spacial score (nSPS) is 15.9. The van der Waals surface area contributed by atoms with Gasteiger partial charge in [-0.3, -0.25) is 14.4 Å². The van der Waals surface area contributed by atoms with Crippen LogP contribution in [0.15, 0.2) is 103 Å². The third-order valence-electron chi connectivity index (χ3n) is 11.4. The molecule has 6 rings (SSSR count). The quantitative estimate of drug-likeness (QED) is 0.0971. The predicted molar refractivity (Wildman–Crippen MR) is 239 cm³/mol. The molecule has 0 spiro atoms. The number of benzene rings is 4. The number of hydrogen-bond acceptors (Lipinski definition) is 9. The van der Waals surface area contributed by atoms with Crippen LogP contribution in [-0.2, 0) is 39.9 Å². The van der Waals surface area contributed by atoms with Crippen LogP contribution < -0.4 is 15.4 Å². The molecule has 0 saturated carbocycles. The third kappa shape index (κ3) is 11.7. The highest BCUT2D eigenvalue weighted by Crippen LogP contribution is 2.44. The molecule has 1 saturated heterocycles. The van der Waals surface area contributed by atoms with Gasteiger partial charge in [-0.2, -0.15) is 0 Å². The Balaban J connectivity index is 1.23. The number of esters is 1. The minimum atomic E-state index is -1.29. The van der Waals surface area contributed by atoms with Crippen LogP contribution in [0.25, 0.3) is 11.1 Å². The van der Waals surface area contributed by atoms with E-state index in [0.717, 1.165) is 22.3 Å². The fourth-order valence-corrected chi connectivity index (χ4v) is 8.38. The van der Waals surface area contributed by atoms with E-state index < -0.39 is 65.5 Å². The lowest BCUT2D eigenvalue weighted by Gasteiger charge is -2.34. The van der Waals surface area contributed by atoms with Gasteiger partial charge in [0.15, 0.2) is 6.61 Å². The number of aliphatic carboxylic acids is 1. The van der Waals surface area contributed by atoms with E-state index in [1.165, 1.54) is 16.8 Å².